The Labute approximate surface area is 123 Å². The van der Waals surface area contributed by atoms with Crippen LogP contribution in [-0.4, -0.2) is 45.7 Å². The first kappa shape index (κ1) is 15.1. The smallest absolute Gasteiger partial charge is 0.323 e. The minimum Gasteiger partial charge on any atom is -0.463 e. The minimum absolute atomic E-state index is 0.330. The summed E-state index contributed by atoms with van der Waals surface area (Å²) in [5, 5.41) is 0.620. The van der Waals surface area contributed by atoms with Crippen molar-refractivity contribution in [3.63, 3.8) is 0 Å². The van der Waals surface area contributed by atoms with Gasteiger partial charge in [-0.15, -0.1) is 0 Å². The number of nitrogens with one attached hydrogen (secondary N) is 1. The molecule has 7 nitrogen and oxygen atoms in total. The van der Waals surface area contributed by atoms with E-state index in [-0.39, 0.29) is 0 Å². The highest BCUT2D eigenvalue weighted by atomic mass is 32.2. The second-order valence-corrected chi connectivity index (χ2v) is 5.99. The fourth-order valence-electron chi connectivity index (χ4n) is 1.96. The summed E-state index contributed by atoms with van der Waals surface area (Å²) in [5.74, 6) is 7.48. The second kappa shape index (κ2) is 7.49. The number of hydrogen-bond donors (Lipinski definition) is 2. The molecule has 1 saturated heterocycles. The van der Waals surface area contributed by atoms with Gasteiger partial charge in [-0.05, 0) is 12.8 Å². The number of aromatic nitrogens is 3. The summed E-state index contributed by atoms with van der Waals surface area (Å²) in [5.41, 5.74) is 2.47. The van der Waals surface area contributed by atoms with Crippen LogP contribution in [0.5, 0.6) is 6.01 Å². The van der Waals surface area contributed by atoms with Gasteiger partial charge in [-0.2, -0.15) is 26.7 Å². The molecule has 1 fully saturated rings. The van der Waals surface area contributed by atoms with Crippen LogP contribution >= 0.6 is 11.8 Å². The van der Waals surface area contributed by atoms with Crippen molar-refractivity contribution in [1.29, 1.82) is 0 Å². The van der Waals surface area contributed by atoms with Gasteiger partial charge in [0.15, 0.2) is 0 Å². The third-order valence-corrected chi connectivity index (χ3v) is 4.42. The molecule has 0 radical (unpaired) electrons. The molecule has 3 N–H and O–H groups in total. The van der Waals surface area contributed by atoms with Crippen LogP contribution in [0.3, 0.4) is 0 Å². The highest BCUT2D eigenvalue weighted by molar-refractivity contribution is 8.00. The number of hydrazine groups is 1. The Hall–Kier alpha value is -1.28. The maximum absolute atomic E-state index is 5.49. The lowest BCUT2D eigenvalue weighted by molar-refractivity contribution is 0.292. The molecule has 0 bridgehead atoms. The Kier molecular flexibility index (Phi) is 5.66. The van der Waals surface area contributed by atoms with Crippen molar-refractivity contribution < 1.29 is 4.74 Å². The third-order valence-electron chi connectivity index (χ3n) is 3.04. The second-order valence-electron chi connectivity index (χ2n) is 4.58. The predicted octanol–water partition coefficient (Wildman–Crippen LogP) is 1.28. The van der Waals surface area contributed by atoms with Gasteiger partial charge in [0.2, 0.25) is 11.9 Å². The topological polar surface area (TPSA) is 89.2 Å². The van der Waals surface area contributed by atoms with Gasteiger partial charge in [0.05, 0.1) is 6.61 Å². The monoisotopic (exact) mass is 298 g/mol. The van der Waals surface area contributed by atoms with Crippen molar-refractivity contribution in [2.75, 3.05) is 35.8 Å². The maximum atomic E-state index is 5.49. The summed E-state index contributed by atoms with van der Waals surface area (Å²) in [6.45, 7) is 6.71. The van der Waals surface area contributed by atoms with Gasteiger partial charge in [0.25, 0.3) is 0 Å². The zero-order valence-electron chi connectivity index (χ0n) is 12.0. The standard InChI is InChI=1S/C12H22N6OS/c1-3-6-19-12-15-10(17-13)14-11(16-12)18-5-7-20-9(4-2)8-18/h9H,3-8,13H2,1-2H3,(H,14,15,16,17). The molecule has 1 aromatic rings. The van der Waals surface area contributed by atoms with Crippen molar-refractivity contribution >= 4 is 23.7 Å². The molecule has 0 spiro atoms. The van der Waals surface area contributed by atoms with Crippen LogP contribution in [0.25, 0.3) is 0 Å². The first-order valence-electron chi connectivity index (χ1n) is 6.98. The average Bonchev–Trinajstić information content (AvgIpc) is 2.52. The van der Waals surface area contributed by atoms with Gasteiger partial charge in [-0.1, -0.05) is 13.8 Å². The lowest BCUT2D eigenvalue weighted by Gasteiger charge is -2.31. The van der Waals surface area contributed by atoms with Crippen molar-refractivity contribution in [3.05, 3.63) is 0 Å². The molecule has 20 heavy (non-hydrogen) atoms. The number of thioether (sulfide) groups is 1. The van der Waals surface area contributed by atoms with Crippen molar-refractivity contribution in [1.82, 2.24) is 15.0 Å². The Bertz CT molecular complexity index is 432. The summed E-state index contributed by atoms with van der Waals surface area (Å²) in [7, 11) is 0. The van der Waals surface area contributed by atoms with E-state index in [0.717, 1.165) is 31.7 Å². The number of nitrogen functional groups attached to an aromatic ring is 1. The van der Waals surface area contributed by atoms with Crippen LogP contribution in [-0.2, 0) is 0 Å². The average molecular weight is 298 g/mol. The molecule has 0 amide bonds. The van der Waals surface area contributed by atoms with Crippen molar-refractivity contribution in [2.45, 2.75) is 31.9 Å². The SMILES string of the molecule is CCCOc1nc(NN)nc(N2CCSC(CC)C2)n1. The Morgan fingerprint density at radius 3 is 2.95 bits per heavy atom. The van der Waals surface area contributed by atoms with Crippen LogP contribution < -0.4 is 20.9 Å². The number of nitrogens with two attached hydrogens (primary N) is 1. The number of ether oxygens (including phenoxy) is 1. The molecular formula is C12H22N6OS. The van der Waals surface area contributed by atoms with Crippen molar-refractivity contribution in [2.24, 2.45) is 5.84 Å². The quantitative estimate of drug-likeness (QED) is 0.599. The van der Waals surface area contributed by atoms with Gasteiger partial charge < -0.3 is 9.64 Å². The first-order chi connectivity index (χ1) is 9.76. The third kappa shape index (κ3) is 3.86. The summed E-state index contributed by atoms with van der Waals surface area (Å²) in [4.78, 5) is 15.0. The molecule has 1 aliphatic heterocycles. The number of hydrogen-bond acceptors (Lipinski definition) is 8. The van der Waals surface area contributed by atoms with Crippen LogP contribution in [0.15, 0.2) is 0 Å². The van der Waals surface area contributed by atoms with E-state index in [4.69, 9.17) is 10.6 Å². The highest BCUT2D eigenvalue weighted by Gasteiger charge is 2.22. The zero-order chi connectivity index (χ0) is 14.4. The molecule has 0 aromatic carbocycles. The van der Waals surface area contributed by atoms with Crippen LogP contribution in [0.2, 0.25) is 0 Å². The lowest BCUT2D eigenvalue weighted by atomic mass is 10.3. The summed E-state index contributed by atoms with van der Waals surface area (Å²) in [6, 6.07) is 0.330. The number of anilines is 2. The van der Waals surface area contributed by atoms with Gasteiger partial charge in [-0.3, -0.25) is 5.43 Å². The lowest BCUT2D eigenvalue weighted by Crippen LogP contribution is -2.39. The summed E-state index contributed by atoms with van der Waals surface area (Å²) in [6.07, 6.45) is 2.05. The number of rotatable bonds is 6. The molecule has 8 heteroatoms. The Morgan fingerprint density at radius 1 is 1.40 bits per heavy atom. The maximum Gasteiger partial charge on any atom is 0.323 e. The van der Waals surface area contributed by atoms with E-state index < -0.39 is 0 Å². The molecule has 2 rings (SSSR count). The van der Waals surface area contributed by atoms with E-state index in [9.17, 15) is 0 Å². The molecule has 1 atom stereocenters. The molecule has 1 aliphatic rings. The summed E-state index contributed by atoms with van der Waals surface area (Å²) >= 11 is 2.01. The first-order valence-corrected chi connectivity index (χ1v) is 8.03. The molecule has 0 saturated carbocycles. The Morgan fingerprint density at radius 2 is 2.25 bits per heavy atom. The summed E-state index contributed by atoms with van der Waals surface area (Å²) < 4.78 is 5.49. The fraction of sp³-hybridized carbons (Fsp3) is 0.750. The van der Waals surface area contributed by atoms with E-state index in [1.54, 1.807) is 0 Å². The van der Waals surface area contributed by atoms with Crippen LogP contribution in [0.1, 0.15) is 26.7 Å². The molecule has 112 valence electrons. The molecular weight excluding hydrogens is 276 g/mol. The highest BCUT2D eigenvalue weighted by Crippen LogP contribution is 2.24. The van der Waals surface area contributed by atoms with E-state index in [0.29, 0.717) is 29.8 Å². The molecule has 0 aliphatic carbocycles. The zero-order valence-corrected chi connectivity index (χ0v) is 12.8. The van der Waals surface area contributed by atoms with E-state index in [1.165, 1.54) is 0 Å². The van der Waals surface area contributed by atoms with Gasteiger partial charge in [0.1, 0.15) is 0 Å². The molecule has 2 heterocycles. The Balaban J connectivity index is 2.16. The van der Waals surface area contributed by atoms with Crippen LogP contribution in [0, 0.1) is 0 Å². The molecule has 1 unspecified atom stereocenters. The normalized spacial score (nSPS) is 18.9. The van der Waals surface area contributed by atoms with Crippen LogP contribution in [0.4, 0.5) is 11.9 Å². The largest absolute Gasteiger partial charge is 0.463 e. The van der Waals surface area contributed by atoms with Gasteiger partial charge >= 0.3 is 6.01 Å². The van der Waals surface area contributed by atoms with Gasteiger partial charge in [0, 0.05) is 24.1 Å². The molecule has 1 aromatic heterocycles. The minimum atomic E-state index is 0.330. The van der Waals surface area contributed by atoms with E-state index in [1.807, 2.05) is 18.7 Å². The predicted molar refractivity (Wildman–Crippen MR) is 82.2 cm³/mol. The van der Waals surface area contributed by atoms with Gasteiger partial charge in [-0.25, -0.2) is 5.84 Å². The van der Waals surface area contributed by atoms with E-state index >= 15 is 0 Å². The fourth-order valence-corrected chi connectivity index (χ4v) is 3.14. The number of nitrogens with zero attached hydrogens (tertiary/aromatic N) is 4. The van der Waals surface area contributed by atoms with Crippen molar-refractivity contribution in [3.8, 4) is 6.01 Å². The van der Waals surface area contributed by atoms with E-state index in [2.05, 4.69) is 32.2 Å².